The Morgan fingerprint density at radius 2 is 1.97 bits per heavy atom. The minimum Gasteiger partial charge on any atom is -0.381 e. The Balaban J connectivity index is 0.000000318. The topological polar surface area (TPSA) is 67.6 Å². The molecule has 5 rings (SSSR count). The van der Waals surface area contributed by atoms with Crippen LogP contribution in [0.1, 0.15) is 51.6 Å². The Bertz CT molecular complexity index is 1040. The smallest absolute Gasteiger partial charge is 0.184 e. The number of piperazine rings is 1. The lowest BCUT2D eigenvalue weighted by Crippen LogP contribution is -2.44. The van der Waals surface area contributed by atoms with Crippen molar-refractivity contribution >= 4 is 11.5 Å². The van der Waals surface area contributed by atoms with E-state index in [0.717, 1.165) is 68.6 Å². The monoisotopic (exact) mass is 454 g/mol. The molecule has 1 unspecified atom stereocenters. The Labute approximate surface area is 195 Å². The van der Waals surface area contributed by atoms with Crippen LogP contribution in [0.25, 0.3) is 16.8 Å². The molecule has 0 saturated carbocycles. The zero-order valence-electron chi connectivity index (χ0n) is 19.9. The normalized spacial score (nSPS) is 18.1. The SMILES string of the molecule is CC1CCOCC1.CCC(C)c1ncccc1-c1cnn2cc(F)c(N3CCNCC3)nc12. The first-order chi connectivity index (χ1) is 16.1. The van der Waals surface area contributed by atoms with Gasteiger partial charge in [0.1, 0.15) is 0 Å². The van der Waals surface area contributed by atoms with Crippen molar-refractivity contribution < 1.29 is 9.13 Å². The van der Waals surface area contributed by atoms with Crippen LogP contribution in [0.3, 0.4) is 0 Å². The second kappa shape index (κ2) is 11.0. The summed E-state index contributed by atoms with van der Waals surface area (Å²) in [5, 5.41) is 7.61. The lowest BCUT2D eigenvalue weighted by molar-refractivity contribution is 0.0716. The maximum atomic E-state index is 14.6. The van der Waals surface area contributed by atoms with E-state index in [1.807, 2.05) is 23.2 Å². The Morgan fingerprint density at radius 3 is 2.64 bits per heavy atom. The molecule has 0 bridgehead atoms. The van der Waals surface area contributed by atoms with E-state index in [2.05, 4.69) is 41.2 Å². The highest BCUT2D eigenvalue weighted by atomic mass is 19.1. The summed E-state index contributed by atoms with van der Waals surface area (Å²) in [5.41, 5.74) is 3.60. The fourth-order valence-corrected chi connectivity index (χ4v) is 4.22. The van der Waals surface area contributed by atoms with Crippen LogP contribution in [0, 0.1) is 11.7 Å². The molecule has 5 heterocycles. The third kappa shape index (κ3) is 5.50. The van der Waals surface area contributed by atoms with Crippen LogP contribution in [0.2, 0.25) is 0 Å². The largest absolute Gasteiger partial charge is 0.381 e. The maximum absolute atomic E-state index is 14.6. The number of nitrogens with zero attached hydrogens (tertiary/aromatic N) is 5. The van der Waals surface area contributed by atoms with Gasteiger partial charge in [0.2, 0.25) is 0 Å². The number of hydrogen-bond donors (Lipinski definition) is 1. The lowest BCUT2D eigenvalue weighted by Gasteiger charge is -2.28. The number of pyridine rings is 1. The summed E-state index contributed by atoms with van der Waals surface area (Å²) in [7, 11) is 0. The quantitative estimate of drug-likeness (QED) is 0.635. The number of nitrogens with one attached hydrogen (secondary N) is 1. The molecule has 0 spiro atoms. The van der Waals surface area contributed by atoms with Crippen LogP contribution in [0.5, 0.6) is 0 Å². The van der Waals surface area contributed by atoms with E-state index in [1.54, 1.807) is 6.20 Å². The molecule has 3 aromatic rings. The van der Waals surface area contributed by atoms with Crippen LogP contribution in [-0.4, -0.2) is 59.0 Å². The summed E-state index contributed by atoms with van der Waals surface area (Å²) in [5.74, 6) is 1.29. The van der Waals surface area contributed by atoms with E-state index in [-0.39, 0.29) is 5.82 Å². The summed E-state index contributed by atoms with van der Waals surface area (Å²) in [6.45, 7) is 11.7. The second-order valence-corrected chi connectivity index (χ2v) is 9.02. The number of fused-ring (bicyclic) bond motifs is 1. The van der Waals surface area contributed by atoms with Gasteiger partial charge in [-0.05, 0) is 37.2 Å². The molecular formula is C25H35FN6O. The number of hydrogen-bond acceptors (Lipinski definition) is 6. The van der Waals surface area contributed by atoms with E-state index < -0.39 is 0 Å². The van der Waals surface area contributed by atoms with Gasteiger partial charge in [0, 0.05) is 56.7 Å². The Hall–Kier alpha value is -2.58. The third-order valence-electron chi connectivity index (χ3n) is 6.56. The summed E-state index contributed by atoms with van der Waals surface area (Å²) >= 11 is 0. The average Bonchev–Trinajstić information content (AvgIpc) is 3.27. The van der Waals surface area contributed by atoms with Gasteiger partial charge in [-0.25, -0.2) is 13.9 Å². The van der Waals surface area contributed by atoms with Crippen molar-refractivity contribution in [3.63, 3.8) is 0 Å². The fraction of sp³-hybridized carbons (Fsp3) is 0.560. The highest BCUT2D eigenvalue weighted by molar-refractivity contribution is 5.79. The van der Waals surface area contributed by atoms with Gasteiger partial charge in [-0.3, -0.25) is 4.98 Å². The molecule has 8 heteroatoms. The maximum Gasteiger partial charge on any atom is 0.184 e. The number of rotatable bonds is 4. The highest BCUT2D eigenvalue weighted by Crippen LogP contribution is 2.32. The third-order valence-corrected chi connectivity index (χ3v) is 6.56. The standard InChI is InChI=1S/C19H23FN6.C6H12O/c1-3-13(2)17-14(5-4-6-22-17)15-11-23-26-12-16(20)19(24-18(15)26)25-9-7-21-8-10-25;1-6-2-4-7-5-3-6/h4-6,11-13,21H,3,7-10H2,1-2H3;6H,2-5H2,1H3. The van der Waals surface area contributed by atoms with Crippen molar-refractivity contribution in [2.45, 2.75) is 46.0 Å². The number of halogens is 1. The Kier molecular flexibility index (Phi) is 7.88. The molecule has 3 aromatic heterocycles. The van der Waals surface area contributed by atoms with Gasteiger partial charge in [-0.2, -0.15) is 5.10 Å². The minimum absolute atomic E-state index is 0.328. The molecule has 178 valence electrons. The summed E-state index contributed by atoms with van der Waals surface area (Å²) in [4.78, 5) is 11.2. The van der Waals surface area contributed by atoms with Crippen LogP contribution in [0.4, 0.5) is 10.2 Å². The Morgan fingerprint density at radius 1 is 1.21 bits per heavy atom. The van der Waals surface area contributed by atoms with E-state index in [0.29, 0.717) is 17.4 Å². The van der Waals surface area contributed by atoms with Crippen molar-refractivity contribution in [1.29, 1.82) is 0 Å². The minimum atomic E-state index is -0.345. The van der Waals surface area contributed by atoms with Gasteiger partial charge < -0.3 is 15.0 Å². The van der Waals surface area contributed by atoms with Crippen molar-refractivity contribution in [3.05, 3.63) is 42.2 Å². The second-order valence-electron chi connectivity index (χ2n) is 9.02. The molecule has 2 fully saturated rings. The molecular weight excluding hydrogens is 419 g/mol. The van der Waals surface area contributed by atoms with Gasteiger partial charge >= 0.3 is 0 Å². The zero-order valence-corrected chi connectivity index (χ0v) is 19.9. The van der Waals surface area contributed by atoms with Gasteiger partial charge in [0.25, 0.3) is 0 Å². The van der Waals surface area contributed by atoms with E-state index in [4.69, 9.17) is 4.74 Å². The van der Waals surface area contributed by atoms with Crippen LogP contribution < -0.4 is 10.2 Å². The van der Waals surface area contributed by atoms with Gasteiger partial charge in [0.05, 0.1) is 18.1 Å². The van der Waals surface area contributed by atoms with Crippen LogP contribution in [-0.2, 0) is 4.74 Å². The molecule has 0 amide bonds. The molecule has 2 aliphatic rings. The van der Waals surface area contributed by atoms with Crippen molar-refractivity contribution in [1.82, 2.24) is 24.9 Å². The molecule has 2 aliphatic heterocycles. The van der Waals surface area contributed by atoms with Crippen molar-refractivity contribution in [2.75, 3.05) is 44.3 Å². The van der Waals surface area contributed by atoms with Gasteiger partial charge in [0.15, 0.2) is 17.3 Å². The molecule has 1 atom stereocenters. The van der Waals surface area contributed by atoms with Crippen molar-refractivity contribution in [3.8, 4) is 11.1 Å². The predicted octanol–water partition coefficient (Wildman–Crippen LogP) is 4.29. The molecule has 2 saturated heterocycles. The van der Waals surface area contributed by atoms with E-state index in [1.165, 1.54) is 23.6 Å². The molecule has 7 nitrogen and oxygen atoms in total. The van der Waals surface area contributed by atoms with E-state index in [9.17, 15) is 4.39 Å². The molecule has 1 N–H and O–H groups in total. The fourth-order valence-electron chi connectivity index (χ4n) is 4.22. The van der Waals surface area contributed by atoms with Gasteiger partial charge in [-0.1, -0.05) is 26.8 Å². The van der Waals surface area contributed by atoms with Crippen LogP contribution in [0.15, 0.2) is 30.7 Å². The zero-order chi connectivity index (χ0) is 23.2. The van der Waals surface area contributed by atoms with Crippen LogP contribution >= 0.6 is 0 Å². The number of aromatic nitrogens is 4. The van der Waals surface area contributed by atoms with E-state index >= 15 is 0 Å². The predicted molar refractivity (Wildman–Crippen MR) is 129 cm³/mol. The van der Waals surface area contributed by atoms with Gasteiger partial charge in [-0.15, -0.1) is 0 Å². The number of ether oxygens (including phenoxy) is 1. The average molecular weight is 455 g/mol. The first-order valence-corrected chi connectivity index (χ1v) is 12.1. The molecule has 33 heavy (non-hydrogen) atoms. The molecule has 0 radical (unpaired) electrons. The van der Waals surface area contributed by atoms with Crippen molar-refractivity contribution in [2.24, 2.45) is 5.92 Å². The summed E-state index contributed by atoms with van der Waals surface area (Å²) < 4.78 is 21.2. The summed E-state index contributed by atoms with van der Waals surface area (Å²) in [6, 6.07) is 3.96. The first-order valence-electron chi connectivity index (χ1n) is 12.1. The number of anilines is 1. The lowest BCUT2D eigenvalue weighted by atomic mass is 9.96. The first kappa shape index (κ1) is 23.6. The highest BCUT2D eigenvalue weighted by Gasteiger charge is 2.21. The molecule has 0 aromatic carbocycles. The summed E-state index contributed by atoms with van der Waals surface area (Å²) in [6.07, 6.45) is 8.52. The molecule has 0 aliphatic carbocycles.